The minimum absolute atomic E-state index is 0.0658. The fourth-order valence-electron chi connectivity index (χ4n) is 1.23. The van der Waals surface area contributed by atoms with Gasteiger partial charge in [-0.25, -0.2) is 14.2 Å². The Hall–Kier alpha value is -1.47. The lowest BCUT2D eigenvalue weighted by Crippen LogP contribution is -2.00. The van der Waals surface area contributed by atoms with Crippen LogP contribution in [0.1, 0.15) is 10.4 Å². The number of hydrogen-bond acceptors (Lipinski definition) is 4. The second-order valence-corrected chi connectivity index (χ2v) is 5.05. The lowest BCUT2D eigenvalue weighted by Gasteiger charge is -2.06. The summed E-state index contributed by atoms with van der Waals surface area (Å²) in [6.07, 6.45) is 4.52. The SMILES string of the molecule is O=C(O)c1ccc(Sc2cnccn2)c(F)c1Br. The number of aromatic carboxylic acids is 1. The summed E-state index contributed by atoms with van der Waals surface area (Å²) in [5, 5.41) is 9.38. The highest BCUT2D eigenvalue weighted by Crippen LogP contribution is 2.33. The van der Waals surface area contributed by atoms with Gasteiger partial charge in [0.15, 0.2) is 5.82 Å². The molecule has 0 atom stereocenters. The number of carbonyl (C=O) groups is 1. The third-order valence-electron chi connectivity index (χ3n) is 2.03. The van der Waals surface area contributed by atoms with Crippen molar-refractivity contribution >= 4 is 33.7 Å². The molecule has 2 rings (SSSR count). The Labute approximate surface area is 114 Å². The van der Waals surface area contributed by atoms with Crippen LogP contribution in [-0.4, -0.2) is 21.0 Å². The number of halogens is 2. The van der Waals surface area contributed by atoms with Gasteiger partial charge in [0, 0.05) is 12.4 Å². The van der Waals surface area contributed by atoms with Gasteiger partial charge in [-0.2, -0.15) is 0 Å². The monoisotopic (exact) mass is 328 g/mol. The normalized spacial score (nSPS) is 10.3. The maximum Gasteiger partial charge on any atom is 0.336 e. The molecule has 0 bridgehead atoms. The molecule has 0 spiro atoms. The van der Waals surface area contributed by atoms with E-state index in [-0.39, 0.29) is 14.9 Å². The second kappa shape index (κ2) is 5.45. The first kappa shape index (κ1) is 13.0. The fraction of sp³-hybridized carbons (Fsp3) is 0. The quantitative estimate of drug-likeness (QED) is 0.937. The Balaban J connectivity index is 2.36. The lowest BCUT2D eigenvalue weighted by molar-refractivity contribution is 0.0695. The third kappa shape index (κ3) is 2.68. The van der Waals surface area contributed by atoms with Gasteiger partial charge in [0.2, 0.25) is 0 Å². The maximum atomic E-state index is 13.9. The van der Waals surface area contributed by atoms with E-state index in [0.717, 1.165) is 11.8 Å². The molecule has 0 saturated carbocycles. The molecule has 1 aromatic carbocycles. The largest absolute Gasteiger partial charge is 0.478 e. The van der Waals surface area contributed by atoms with Gasteiger partial charge in [-0.3, -0.25) is 4.98 Å². The Morgan fingerprint density at radius 2 is 2.17 bits per heavy atom. The number of hydrogen-bond donors (Lipinski definition) is 1. The fourth-order valence-corrected chi connectivity index (χ4v) is 2.65. The van der Waals surface area contributed by atoms with E-state index < -0.39 is 11.8 Å². The van der Waals surface area contributed by atoms with Crippen molar-refractivity contribution in [3.05, 3.63) is 46.6 Å². The number of carboxylic acid groups (broad SMARTS) is 1. The molecule has 0 radical (unpaired) electrons. The van der Waals surface area contributed by atoms with Gasteiger partial charge < -0.3 is 5.11 Å². The Bertz CT molecular complexity index is 595. The van der Waals surface area contributed by atoms with Crippen LogP contribution in [0.25, 0.3) is 0 Å². The number of benzene rings is 1. The van der Waals surface area contributed by atoms with Gasteiger partial charge in [0.1, 0.15) is 5.03 Å². The van der Waals surface area contributed by atoms with Gasteiger partial charge in [0.05, 0.1) is 21.1 Å². The van der Waals surface area contributed by atoms with Gasteiger partial charge >= 0.3 is 5.97 Å². The van der Waals surface area contributed by atoms with Gasteiger partial charge in [-0.15, -0.1) is 0 Å². The van der Waals surface area contributed by atoms with Crippen molar-refractivity contribution in [3.63, 3.8) is 0 Å². The molecule has 0 aliphatic rings. The maximum absolute atomic E-state index is 13.9. The van der Waals surface area contributed by atoms with Crippen molar-refractivity contribution in [1.29, 1.82) is 0 Å². The Kier molecular flexibility index (Phi) is 3.93. The van der Waals surface area contributed by atoms with Crippen molar-refractivity contribution in [2.45, 2.75) is 9.92 Å². The van der Waals surface area contributed by atoms with E-state index in [9.17, 15) is 9.18 Å². The molecular formula is C11H6BrFN2O2S. The number of aromatic nitrogens is 2. The molecule has 1 N–H and O–H groups in total. The molecule has 92 valence electrons. The standard InChI is InChI=1S/C11H6BrFN2O2S/c12-9-6(11(16)17)1-2-7(10(9)13)18-8-5-14-3-4-15-8/h1-5H,(H,16,17). The van der Waals surface area contributed by atoms with Gasteiger partial charge in [-0.1, -0.05) is 11.8 Å². The summed E-state index contributed by atoms with van der Waals surface area (Å²) < 4.78 is 13.9. The summed E-state index contributed by atoms with van der Waals surface area (Å²) in [7, 11) is 0. The molecule has 1 aromatic heterocycles. The highest BCUT2D eigenvalue weighted by molar-refractivity contribution is 9.10. The van der Waals surface area contributed by atoms with E-state index in [1.807, 2.05) is 0 Å². The molecule has 0 aliphatic heterocycles. The van der Waals surface area contributed by atoms with Crippen LogP contribution in [0.15, 0.2) is 45.1 Å². The molecule has 2 aromatic rings. The molecular weight excluding hydrogens is 323 g/mol. The molecule has 7 heteroatoms. The predicted molar refractivity (Wildman–Crippen MR) is 67.2 cm³/mol. The predicted octanol–water partition coefficient (Wildman–Crippen LogP) is 3.23. The number of rotatable bonds is 3. The smallest absolute Gasteiger partial charge is 0.336 e. The van der Waals surface area contributed by atoms with Gasteiger partial charge in [0.25, 0.3) is 0 Å². The van der Waals surface area contributed by atoms with Crippen LogP contribution >= 0.6 is 27.7 Å². The number of nitrogens with zero attached hydrogens (tertiary/aromatic N) is 2. The minimum atomic E-state index is -1.18. The topological polar surface area (TPSA) is 63.1 Å². The van der Waals surface area contributed by atoms with Crippen LogP contribution in [0, 0.1) is 5.82 Å². The first-order valence-corrected chi connectivity index (χ1v) is 6.35. The van der Waals surface area contributed by atoms with Crippen molar-refractivity contribution in [2.24, 2.45) is 0 Å². The van der Waals surface area contributed by atoms with Crippen LogP contribution in [0.4, 0.5) is 4.39 Å². The Morgan fingerprint density at radius 1 is 1.39 bits per heavy atom. The highest BCUT2D eigenvalue weighted by atomic mass is 79.9. The van der Waals surface area contributed by atoms with Crippen LogP contribution in [0.2, 0.25) is 0 Å². The third-order valence-corrected chi connectivity index (χ3v) is 3.76. The van der Waals surface area contributed by atoms with Crippen LogP contribution in [0.5, 0.6) is 0 Å². The molecule has 0 amide bonds. The van der Waals surface area contributed by atoms with Crippen molar-refractivity contribution in [1.82, 2.24) is 9.97 Å². The van der Waals surface area contributed by atoms with Gasteiger partial charge in [-0.05, 0) is 28.1 Å². The lowest BCUT2D eigenvalue weighted by atomic mass is 10.2. The molecule has 0 aliphatic carbocycles. The summed E-state index contributed by atoms with van der Waals surface area (Å²) in [5.41, 5.74) is -0.115. The van der Waals surface area contributed by atoms with Crippen LogP contribution < -0.4 is 0 Å². The van der Waals surface area contributed by atoms with E-state index in [0.29, 0.717) is 5.03 Å². The average molecular weight is 329 g/mol. The molecule has 4 nitrogen and oxygen atoms in total. The first-order valence-electron chi connectivity index (χ1n) is 4.74. The number of carboxylic acids is 1. The van der Waals surface area contributed by atoms with E-state index in [1.54, 1.807) is 0 Å². The summed E-state index contributed by atoms with van der Waals surface area (Å²) >= 11 is 4.02. The summed E-state index contributed by atoms with van der Waals surface area (Å²) in [4.78, 5) is 19.0. The highest BCUT2D eigenvalue weighted by Gasteiger charge is 2.16. The van der Waals surface area contributed by atoms with Crippen molar-refractivity contribution in [2.75, 3.05) is 0 Å². The van der Waals surface area contributed by atoms with E-state index in [1.165, 1.54) is 30.7 Å². The molecule has 1 heterocycles. The van der Waals surface area contributed by atoms with E-state index in [2.05, 4.69) is 25.9 Å². The van der Waals surface area contributed by atoms with Crippen molar-refractivity contribution < 1.29 is 14.3 Å². The molecule has 0 unspecified atom stereocenters. The average Bonchev–Trinajstić information content (AvgIpc) is 2.36. The molecule has 0 saturated heterocycles. The summed E-state index contributed by atoms with van der Waals surface area (Å²) in [5.74, 6) is -1.80. The Morgan fingerprint density at radius 3 is 2.78 bits per heavy atom. The van der Waals surface area contributed by atoms with E-state index in [4.69, 9.17) is 5.11 Å². The summed E-state index contributed by atoms with van der Waals surface area (Å²) in [6, 6.07) is 2.75. The molecule has 0 fully saturated rings. The molecule has 18 heavy (non-hydrogen) atoms. The summed E-state index contributed by atoms with van der Waals surface area (Å²) in [6.45, 7) is 0. The zero-order valence-corrected chi connectivity index (χ0v) is 11.2. The second-order valence-electron chi connectivity index (χ2n) is 3.19. The van der Waals surface area contributed by atoms with Crippen molar-refractivity contribution in [3.8, 4) is 0 Å². The van der Waals surface area contributed by atoms with Crippen LogP contribution in [-0.2, 0) is 0 Å². The zero-order chi connectivity index (χ0) is 13.1. The van der Waals surface area contributed by atoms with E-state index >= 15 is 0 Å². The minimum Gasteiger partial charge on any atom is -0.478 e. The van der Waals surface area contributed by atoms with Crippen LogP contribution in [0.3, 0.4) is 0 Å². The first-order chi connectivity index (χ1) is 8.59. The zero-order valence-electron chi connectivity index (χ0n) is 8.80.